The van der Waals surface area contributed by atoms with E-state index in [1.807, 2.05) is 170 Å². The minimum Gasteiger partial charge on any atom is -0.448 e. The standard InChI is InChI=1S/C64H52N5O5PS2/c1-73-68-55(54-44-77-63(65-54)67-64(48-30-14-4-15-31-48,49-32-16-5-17-33-49)50-34-18-6-19-35-50)59(70)66-56-60(71)69-57(62(72)74-58(45-26-10-2-11-27-45)46-28-12-3-13-29-46)47(43-76-61(56)69)42-75(51-36-20-7-21-37-51,52-38-22-8-23-39-52)53-40-24-9-25-41-53/h2-42,44,56,58,61H,43H2,1H3,(H,65,67)(H,66,70)/b68-55+/t56?,61-/m1/s1. The number of esters is 1. The molecule has 2 amide bonds. The number of amides is 2. The molecule has 1 unspecified atom stereocenters. The van der Waals surface area contributed by atoms with Crippen molar-refractivity contribution in [1.82, 2.24) is 15.2 Å². The lowest BCUT2D eigenvalue weighted by Gasteiger charge is -2.49. The molecule has 0 radical (unpaired) electrons. The lowest BCUT2D eigenvalue weighted by atomic mass is 9.77. The molecule has 0 aliphatic carbocycles. The summed E-state index contributed by atoms with van der Waals surface area (Å²) in [5.74, 6) is 0.761. The van der Waals surface area contributed by atoms with Crippen molar-refractivity contribution in [2.45, 2.75) is 23.1 Å². The lowest BCUT2D eigenvalue weighted by molar-refractivity contribution is -0.154. The smallest absolute Gasteiger partial charge is 0.356 e. The molecule has 10 nitrogen and oxygen atoms in total. The molecule has 11 rings (SSSR count). The number of fused-ring (bicyclic) bond motifs is 1. The maximum Gasteiger partial charge on any atom is 0.356 e. The number of thioether (sulfide) groups is 1. The van der Waals surface area contributed by atoms with Crippen LogP contribution in [0.5, 0.6) is 0 Å². The number of nitrogens with one attached hydrogen (secondary N) is 2. The highest BCUT2D eigenvalue weighted by Crippen LogP contribution is 2.48. The van der Waals surface area contributed by atoms with Gasteiger partial charge in [0.05, 0.1) is 0 Å². The van der Waals surface area contributed by atoms with E-state index in [0.717, 1.165) is 43.7 Å². The highest BCUT2D eigenvalue weighted by atomic mass is 32.2. The first-order valence-corrected chi connectivity index (χ1v) is 28.9. The minimum absolute atomic E-state index is 0.116. The SMILES string of the molecule is CO/N=C(/C(=O)NC1C(=O)N2C(C(=O)OC(c3ccccc3)c3ccccc3)=C(C=P(c3ccccc3)(c3ccccc3)c3ccccc3)CS[C@H]12)c1csc(NC(c2ccccc2)(c2ccccc2)c2ccccc2)n1. The number of anilines is 1. The van der Waals surface area contributed by atoms with Gasteiger partial charge in [-0.1, -0.05) is 248 Å². The van der Waals surface area contributed by atoms with E-state index in [0.29, 0.717) is 16.5 Å². The molecule has 0 saturated carbocycles. The Kier molecular flexibility index (Phi) is 14.9. The highest BCUT2D eigenvalue weighted by molar-refractivity contribution is 8.00. The number of carbonyl (C=O) groups is 3. The third kappa shape index (κ3) is 9.95. The zero-order valence-corrected chi connectivity index (χ0v) is 44.4. The molecule has 380 valence electrons. The van der Waals surface area contributed by atoms with E-state index in [1.165, 1.54) is 35.1 Å². The second kappa shape index (κ2) is 22.7. The summed E-state index contributed by atoms with van der Waals surface area (Å²) < 4.78 is 6.65. The molecule has 1 fully saturated rings. The van der Waals surface area contributed by atoms with Gasteiger partial charge in [0.15, 0.2) is 16.9 Å². The molecule has 0 spiro atoms. The van der Waals surface area contributed by atoms with Crippen LogP contribution in [0.1, 0.15) is 39.6 Å². The summed E-state index contributed by atoms with van der Waals surface area (Å²) in [6.45, 7) is -2.70. The van der Waals surface area contributed by atoms with Gasteiger partial charge >= 0.3 is 5.97 Å². The van der Waals surface area contributed by atoms with Gasteiger partial charge in [-0.3, -0.25) is 14.5 Å². The van der Waals surface area contributed by atoms with E-state index in [1.54, 1.807) is 5.38 Å². The predicted molar refractivity (Wildman–Crippen MR) is 313 cm³/mol. The van der Waals surface area contributed by atoms with Crippen LogP contribution in [-0.2, 0) is 29.5 Å². The van der Waals surface area contributed by atoms with Crippen LogP contribution in [-0.4, -0.2) is 63.5 Å². The summed E-state index contributed by atoms with van der Waals surface area (Å²) in [6, 6.07) is 79.6. The van der Waals surface area contributed by atoms with Crippen LogP contribution in [0.4, 0.5) is 5.13 Å². The molecule has 2 N–H and O–H groups in total. The van der Waals surface area contributed by atoms with Gasteiger partial charge in [0.25, 0.3) is 11.8 Å². The number of hydrogen-bond acceptors (Lipinski definition) is 10. The Balaban J connectivity index is 0.965. The first-order valence-electron chi connectivity index (χ1n) is 25.1. The van der Waals surface area contributed by atoms with Gasteiger partial charge in [-0.05, 0) is 62.0 Å². The molecule has 9 aromatic rings. The van der Waals surface area contributed by atoms with Gasteiger partial charge in [0.2, 0.25) is 0 Å². The molecule has 2 atom stereocenters. The Morgan fingerprint density at radius 2 is 1.08 bits per heavy atom. The molecule has 1 aromatic heterocycles. The number of aromatic nitrogens is 1. The Labute approximate surface area is 456 Å². The van der Waals surface area contributed by atoms with Crippen LogP contribution in [0.15, 0.2) is 264 Å². The maximum atomic E-state index is 15.4. The molecular formula is C64H52N5O5PS2. The first-order chi connectivity index (χ1) is 37.9. The quantitative estimate of drug-likeness (QED) is 0.0231. The summed E-state index contributed by atoms with van der Waals surface area (Å²) in [6.07, 6.45) is -0.793. The van der Waals surface area contributed by atoms with Crippen LogP contribution in [0, 0.1) is 0 Å². The number of rotatable bonds is 17. The fraction of sp³-hybridized carbons (Fsp3) is 0.0938. The largest absolute Gasteiger partial charge is 0.448 e. The van der Waals surface area contributed by atoms with Gasteiger partial charge < -0.3 is 20.2 Å². The zero-order chi connectivity index (χ0) is 52.6. The summed E-state index contributed by atoms with van der Waals surface area (Å²) in [5, 5.41) is 15.8. The van der Waals surface area contributed by atoms with Crippen molar-refractivity contribution in [1.29, 1.82) is 0 Å². The molecule has 3 heterocycles. The molecule has 2 aliphatic heterocycles. The molecule has 0 bridgehead atoms. The van der Waals surface area contributed by atoms with Gasteiger partial charge in [0.1, 0.15) is 35.5 Å². The number of nitrogens with zero attached hydrogens (tertiary/aromatic N) is 3. The fourth-order valence-electron chi connectivity index (χ4n) is 10.3. The van der Waals surface area contributed by atoms with E-state index in [4.69, 9.17) is 14.6 Å². The van der Waals surface area contributed by atoms with Crippen molar-refractivity contribution >= 4 is 80.3 Å². The van der Waals surface area contributed by atoms with Crippen molar-refractivity contribution in [2.24, 2.45) is 5.16 Å². The maximum absolute atomic E-state index is 15.4. The second-order valence-electron chi connectivity index (χ2n) is 18.3. The van der Waals surface area contributed by atoms with Crippen LogP contribution < -0.4 is 26.5 Å². The van der Waals surface area contributed by atoms with Crippen molar-refractivity contribution in [2.75, 3.05) is 18.2 Å². The first kappa shape index (κ1) is 50.6. The lowest BCUT2D eigenvalue weighted by Crippen LogP contribution is -2.71. The van der Waals surface area contributed by atoms with E-state index in [2.05, 4.69) is 94.4 Å². The van der Waals surface area contributed by atoms with Crippen molar-refractivity contribution in [3.05, 3.63) is 293 Å². The average Bonchev–Trinajstić information content (AvgIpc) is 3.99. The highest BCUT2D eigenvalue weighted by Gasteiger charge is 2.55. The predicted octanol–water partition coefficient (Wildman–Crippen LogP) is 10.7. The Morgan fingerprint density at radius 3 is 1.52 bits per heavy atom. The van der Waals surface area contributed by atoms with E-state index in [-0.39, 0.29) is 17.1 Å². The fourth-order valence-corrected chi connectivity index (χ4v) is 16.4. The number of thiazole rings is 1. The summed E-state index contributed by atoms with van der Waals surface area (Å²) in [4.78, 5) is 56.9. The summed E-state index contributed by atoms with van der Waals surface area (Å²) in [7, 11) is 1.36. The molecule has 13 heteroatoms. The third-order valence-electron chi connectivity index (χ3n) is 13.8. The average molecular weight is 1070 g/mol. The summed E-state index contributed by atoms with van der Waals surface area (Å²) in [5.41, 5.74) is 4.54. The Morgan fingerprint density at radius 1 is 0.649 bits per heavy atom. The molecule has 2 aliphatic rings. The number of benzene rings is 8. The molecule has 8 aromatic carbocycles. The zero-order valence-electron chi connectivity index (χ0n) is 41.8. The van der Waals surface area contributed by atoms with Crippen LogP contribution in [0.2, 0.25) is 0 Å². The van der Waals surface area contributed by atoms with Gasteiger partial charge in [0, 0.05) is 11.1 Å². The number of oxime groups is 1. The monoisotopic (exact) mass is 1070 g/mol. The number of ether oxygens (including phenoxy) is 1. The van der Waals surface area contributed by atoms with Crippen molar-refractivity contribution in [3.8, 4) is 0 Å². The summed E-state index contributed by atoms with van der Waals surface area (Å²) >= 11 is 2.79. The Hall–Kier alpha value is -8.54. The number of β-lactam (4-membered cyclic amide) rings is 1. The van der Waals surface area contributed by atoms with Gasteiger partial charge in [-0.15, -0.1) is 23.1 Å². The second-order valence-corrected chi connectivity index (χ2v) is 23.5. The van der Waals surface area contributed by atoms with Crippen LogP contribution in [0.3, 0.4) is 0 Å². The molecule has 1 saturated heterocycles. The van der Waals surface area contributed by atoms with E-state index < -0.39 is 47.7 Å². The minimum atomic E-state index is -2.70. The normalized spacial score (nSPS) is 15.5. The van der Waals surface area contributed by atoms with Gasteiger partial charge in [-0.25, -0.2) is 9.78 Å². The van der Waals surface area contributed by atoms with Crippen molar-refractivity contribution < 1.29 is 24.0 Å². The Bertz CT molecular complexity index is 3390. The van der Waals surface area contributed by atoms with Crippen molar-refractivity contribution in [3.63, 3.8) is 0 Å². The van der Waals surface area contributed by atoms with Crippen LogP contribution in [0.25, 0.3) is 0 Å². The van der Waals surface area contributed by atoms with E-state index in [9.17, 15) is 4.79 Å². The molecular weight excluding hydrogens is 1010 g/mol. The van der Waals surface area contributed by atoms with E-state index >= 15 is 9.59 Å². The van der Waals surface area contributed by atoms with Gasteiger partial charge in [-0.2, -0.15) is 0 Å². The topological polar surface area (TPSA) is 122 Å². The van der Waals surface area contributed by atoms with Crippen LogP contribution >= 0.6 is 30.0 Å². The third-order valence-corrected chi connectivity index (χ3v) is 19.9. The number of carbonyl (C=O) groups excluding carboxylic acids is 3. The molecule has 77 heavy (non-hydrogen) atoms. The number of hydrogen-bond donors (Lipinski definition) is 2.